The number of carbonyl (C=O) groups is 1. The zero-order valence-corrected chi connectivity index (χ0v) is 9.34. The van der Waals surface area contributed by atoms with Gasteiger partial charge < -0.3 is 5.32 Å². The Morgan fingerprint density at radius 3 is 2.82 bits per heavy atom. The molecule has 0 atom stereocenters. The van der Waals surface area contributed by atoms with Gasteiger partial charge in [-0.3, -0.25) is 9.69 Å². The molecule has 0 radical (unpaired) electrons. The first-order valence-corrected chi connectivity index (χ1v) is 4.90. The van der Waals surface area contributed by atoms with Crippen LogP contribution in [0.2, 0.25) is 0 Å². The van der Waals surface area contributed by atoms with Crippen LogP contribution < -0.4 is 5.32 Å². The molecule has 0 aliphatic carbocycles. The van der Waals surface area contributed by atoms with Crippen molar-refractivity contribution in [1.29, 1.82) is 0 Å². The van der Waals surface area contributed by atoms with Gasteiger partial charge in [-0.1, -0.05) is 5.92 Å². The maximum absolute atomic E-state index is 13.2. The maximum Gasteiger partial charge on any atom is 0.238 e. The molecule has 1 aromatic carbocycles. The van der Waals surface area contributed by atoms with Crippen LogP contribution in [0.1, 0.15) is 0 Å². The normalized spacial score (nSPS) is 10.1. The number of hydrogen-bond acceptors (Lipinski definition) is 2. The number of nitrogens with one attached hydrogen (secondary N) is 1. The van der Waals surface area contributed by atoms with Crippen molar-refractivity contribution in [1.82, 2.24) is 4.90 Å². The second-order valence-corrected chi connectivity index (χ2v) is 3.55. The standard InChI is InChI=1S/C12H12F2N2O/c1-3-6-16(2)8-12(17)15-11-5-4-9(13)7-10(11)14/h1,4-5,7H,6,8H2,2H3,(H,15,17). The fourth-order valence-corrected chi connectivity index (χ4v) is 1.24. The Labute approximate surface area is 98.4 Å². The van der Waals surface area contributed by atoms with Crippen molar-refractivity contribution in [2.45, 2.75) is 0 Å². The molecule has 0 heterocycles. The molecule has 1 rings (SSSR count). The average molecular weight is 238 g/mol. The van der Waals surface area contributed by atoms with Crippen LogP contribution in [0, 0.1) is 24.0 Å². The smallest absolute Gasteiger partial charge is 0.238 e. The van der Waals surface area contributed by atoms with Crippen LogP contribution in [0.3, 0.4) is 0 Å². The molecule has 0 unspecified atom stereocenters. The van der Waals surface area contributed by atoms with Crippen molar-refractivity contribution in [3.05, 3.63) is 29.8 Å². The Bertz CT molecular complexity index is 454. The summed E-state index contributed by atoms with van der Waals surface area (Å²) >= 11 is 0. The van der Waals surface area contributed by atoms with E-state index in [9.17, 15) is 13.6 Å². The number of rotatable bonds is 4. The minimum atomic E-state index is -0.807. The fraction of sp³-hybridized carbons (Fsp3) is 0.250. The Balaban J connectivity index is 2.60. The molecule has 0 saturated carbocycles. The lowest BCUT2D eigenvalue weighted by Crippen LogP contribution is -2.30. The lowest BCUT2D eigenvalue weighted by Gasteiger charge is -2.13. The minimum Gasteiger partial charge on any atom is -0.322 e. The SMILES string of the molecule is C#CCN(C)CC(=O)Nc1ccc(F)cc1F. The van der Waals surface area contributed by atoms with E-state index in [-0.39, 0.29) is 12.2 Å². The summed E-state index contributed by atoms with van der Waals surface area (Å²) in [6.45, 7) is 0.361. The summed E-state index contributed by atoms with van der Waals surface area (Å²) in [6, 6.07) is 2.95. The molecule has 0 aromatic heterocycles. The van der Waals surface area contributed by atoms with Crippen molar-refractivity contribution in [2.75, 3.05) is 25.5 Å². The van der Waals surface area contributed by atoms with Crippen molar-refractivity contribution in [3.63, 3.8) is 0 Å². The number of nitrogens with zero attached hydrogens (tertiary/aromatic N) is 1. The first-order chi connectivity index (χ1) is 8.02. The number of anilines is 1. The van der Waals surface area contributed by atoms with E-state index in [1.165, 1.54) is 6.07 Å². The predicted octanol–water partition coefficient (Wildman–Crippen LogP) is 1.47. The van der Waals surface area contributed by atoms with E-state index < -0.39 is 17.5 Å². The molecule has 1 amide bonds. The highest BCUT2D eigenvalue weighted by molar-refractivity contribution is 5.92. The highest BCUT2D eigenvalue weighted by Gasteiger charge is 2.09. The molecule has 0 bridgehead atoms. The van der Waals surface area contributed by atoms with Crippen LogP contribution in [0.5, 0.6) is 0 Å². The van der Waals surface area contributed by atoms with Gasteiger partial charge in [-0.2, -0.15) is 0 Å². The van der Waals surface area contributed by atoms with Gasteiger partial charge in [0.1, 0.15) is 11.6 Å². The molecular weight excluding hydrogens is 226 g/mol. The van der Waals surface area contributed by atoms with E-state index in [4.69, 9.17) is 6.42 Å². The summed E-state index contributed by atoms with van der Waals surface area (Å²) in [4.78, 5) is 13.0. The van der Waals surface area contributed by atoms with E-state index in [2.05, 4.69) is 11.2 Å². The Kier molecular flexibility index (Phi) is 4.61. The van der Waals surface area contributed by atoms with Gasteiger partial charge in [-0.25, -0.2) is 8.78 Å². The van der Waals surface area contributed by atoms with Crippen LogP contribution in [0.25, 0.3) is 0 Å². The number of benzene rings is 1. The van der Waals surface area contributed by atoms with E-state index in [0.717, 1.165) is 6.07 Å². The van der Waals surface area contributed by atoms with Crippen molar-refractivity contribution < 1.29 is 13.6 Å². The van der Waals surface area contributed by atoms with Crippen molar-refractivity contribution >= 4 is 11.6 Å². The number of terminal acetylenes is 1. The van der Waals surface area contributed by atoms with E-state index in [1.54, 1.807) is 11.9 Å². The summed E-state index contributed by atoms with van der Waals surface area (Å²) in [5.41, 5.74) is -0.0505. The molecule has 1 N–H and O–H groups in total. The summed E-state index contributed by atoms with van der Waals surface area (Å²) in [7, 11) is 1.67. The van der Waals surface area contributed by atoms with Gasteiger partial charge in [-0.15, -0.1) is 6.42 Å². The molecule has 0 aliphatic heterocycles. The lowest BCUT2D eigenvalue weighted by atomic mass is 10.3. The van der Waals surface area contributed by atoms with E-state index in [1.807, 2.05) is 0 Å². The fourth-order valence-electron chi connectivity index (χ4n) is 1.24. The first-order valence-electron chi connectivity index (χ1n) is 4.90. The molecule has 0 aliphatic rings. The number of carbonyl (C=O) groups excluding carboxylic acids is 1. The van der Waals surface area contributed by atoms with Gasteiger partial charge in [0.05, 0.1) is 18.8 Å². The van der Waals surface area contributed by atoms with Gasteiger partial charge in [0, 0.05) is 6.07 Å². The molecule has 1 aromatic rings. The zero-order valence-electron chi connectivity index (χ0n) is 9.34. The third kappa shape index (κ3) is 4.21. The van der Waals surface area contributed by atoms with Gasteiger partial charge in [0.25, 0.3) is 0 Å². The molecule has 5 heteroatoms. The van der Waals surface area contributed by atoms with Gasteiger partial charge >= 0.3 is 0 Å². The van der Waals surface area contributed by atoms with Crippen molar-refractivity contribution in [3.8, 4) is 12.3 Å². The molecule has 17 heavy (non-hydrogen) atoms. The van der Waals surface area contributed by atoms with Gasteiger partial charge in [-0.05, 0) is 19.2 Å². The minimum absolute atomic E-state index is 0.0427. The molecule has 90 valence electrons. The molecule has 0 spiro atoms. The largest absolute Gasteiger partial charge is 0.322 e. The zero-order chi connectivity index (χ0) is 12.8. The van der Waals surface area contributed by atoms with Crippen LogP contribution in [-0.2, 0) is 4.79 Å². The number of likely N-dealkylation sites (N-methyl/N-ethyl adjacent to an activating group) is 1. The maximum atomic E-state index is 13.2. The van der Waals surface area contributed by atoms with Crippen molar-refractivity contribution in [2.24, 2.45) is 0 Å². The lowest BCUT2D eigenvalue weighted by molar-refractivity contribution is -0.116. The van der Waals surface area contributed by atoms with Crippen LogP contribution >= 0.6 is 0 Å². The monoisotopic (exact) mass is 238 g/mol. The predicted molar refractivity (Wildman–Crippen MR) is 61.3 cm³/mol. The van der Waals surface area contributed by atoms with Gasteiger partial charge in [0.2, 0.25) is 5.91 Å². The quantitative estimate of drug-likeness (QED) is 0.806. The summed E-state index contributed by atoms with van der Waals surface area (Å²) < 4.78 is 25.8. The average Bonchev–Trinajstić information content (AvgIpc) is 2.22. The third-order valence-electron chi connectivity index (χ3n) is 1.98. The Morgan fingerprint density at radius 1 is 1.53 bits per heavy atom. The molecule has 0 fully saturated rings. The molecule has 3 nitrogen and oxygen atoms in total. The Hall–Kier alpha value is -1.93. The third-order valence-corrected chi connectivity index (χ3v) is 1.98. The van der Waals surface area contributed by atoms with Crippen LogP contribution in [0.4, 0.5) is 14.5 Å². The van der Waals surface area contributed by atoms with Crippen LogP contribution in [-0.4, -0.2) is 30.9 Å². The summed E-state index contributed by atoms with van der Waals surface area (Å²) in [5, 5.41) is 2.34. The summed E-state index contributed by atoms with van der Waals surface area (Å²) in [5.74, 6) is 0.471. The second kappa shape index (κ2) is 5.97. The van der Waals surface area contributed by atoms with E-state index >= 15 is 0 Å². The highest BCUT2D eigenvalue weighted by atomic mass is 19.1. The Morgan fingerprint density at radius 2 is 2.24 bits per heavy atom. The number of amides is 1. The van der Waals surface area contributed by atoms with Crippen LogP contribution in [0.15, 0.2) is 18.2 Å². The van der Waals surface area contributed by atoms with Gasteiger partial charge in [0.15, 0.2) is 0 Å². The topological polar surface area (TPSA) is 32.3 Å². The first kappa shape index (κ1) is 13.1. The summed E-state index contributed by atoms with van der Waals surface area (Å²) in [6.07, 6.45) is 5.07. The second-order valence-electron chi connectivity index (χ2n) is 3.55. The highest BCUT2D eigenvalue weighted by Crippen LogP contribution is 2.14. The molecular formula is C12H12F2N2O. The number of hydrogen-bond donors (Lipinski definition) is 1. The van der Waals surface area contributed by atoms with E-state index in [0.29, 0.717) is 12.6 Å². The molecule has 0 saturated heterocycles. The number of halogens is 2.